The van der Waals surface area contributed by atoms with Crippen LogP contribution in [0.2, 0.25) is 0 Å². The van der Waals surface area contributed by atoms with Crippen molar-refractivity contribution in [1.29, 1.82) is 0 Å². The molecule has 1 saturated carbocycles. The van der Waals surface area contributed by atoms with Gasteiger partial charge in [0.25, 0.3) is 0 Å². The van der Waals surface area contributed by atoms with Crippen LogP contribution < -0.4 is 5.73 Å². The lowest BCUT2D eigenvalue weighted by Gasteiger charge is -2.39. The molecule has 0 unspecified atom stereocenters. The van der Waals surface area contributed by atoms with Crippen molar-refractivity contribution in [2.75, 3.05) is 18.6 Å². The minimum Gasteiger partial charge on any atom is -0.328 e. The van der Waals surface area contributed by atoms with Gasteiger partial charge in [-0.05, 0) is 45.6 Å². The van der Waals surface area contributed by atoms with Gasteiger partial charge < -0.3 is 10.6 Å². The van der Waals surface area contributed by atoms with E-state index in [1.165, 1.54) is 12.8 Å². The molecular weight excluding hydrogens is 236 g/mol. The van der Waals surface area contributed by atoms with Gasteiger partial charge in [-0.15, -0.1) is 0 Å². The molecule has 0 amide bonds. The lowest BCUT2D eigenvalue weighted by Crippen LogP contribution is -2.46. The van der Waals surface area contributed by atoms with Gasteiger partial charge in [-0.3, -0.25) is 0 Å². The number of nitrogens with zero attached hydrogens (tertiary/aromatic N) is 1. The van der Waals surface area contributed by atoms with E-state index in [0.29, 0.717) is 29.6 Å². The predicted molar refractivity (Wildman–Crippen MR) is 69.7 cm³/mol. The van der Waals surface area contributed by atoms with Crippen LogP contribution in [0.25, 0.3) is 0 Å². The Hall–Kier alpha value is -0.130. The predicted octanol–water partition coefficient (Wildman–Crippen LogP) is 0.765. The molecule has 0 aromatic rings. The van der Waals surface area contributed by atoms with E-state index in [4.69, 9.17) is 5.73 Å². The summed E-state index contributed by atoms with van der Waals surface area (Å²) in [5, 5.41) is 0. The van der Waals surface area contributed by atoms with Gasteiger partial charge in [0.1, 0.15) is 9.84 Å². The smallest absolute Gasteiger partial charge is 0.150 e. The molecule has 100 valence electrons. The molecule has 1 heterocycles. The Morgan fingerprint density at radius 1 is 0.941 bits per heavy atom. The van der Waals surface area contributed by atoms with Crippen LogP contribution in [0.15, 0.2) is 0 Å². The lowest BCUT2D eigenvalue weighted by atomic mass is 9.90. The summed E-state index contributed by atoms with van der Waals surface area (Å²) >= 11 is 0. The molecule has 2 fully saturated rings. The lowest BCUT2D eigenvalue weighted by molar-refractivity contribution is 0.124. The maximum absolute atomic E-state index is 11.4. The summed E-state index contributed by atoms with van der Waals surface area (Å²) in [6.45, 7) is 0. The number of hydrogen-bond donors (Lipinski definition) is 1. The van der Waals surface area contributed by atoms with Crippen molar-refractivity contribution in [3.8, 4) is 0 Å². The zero-order chi connectivity index (χ0) is 12.5. The molecule has 1 saturated heterocycles. The second kappa shape index (κ2) is 5.24. The first kappa shape index (κ1) is 13.3. The summed E-state index contributed by atoms with van der Waals surface area (Å²) in [4.78, 5) is 2.42. The molecule has 2 rings (SSSR count). The van der Waals surface area contributed by atoms with E-state index in [1.807, 2.05) is 0 Å². The van der Waals surface area contributed by atoms with Gasteiger partial charge in [0.05, 0.1) is 11.5 Å². The van der Waals surface area contributed by atoms with Crippen molar-refractivity contribution in [2.45, 2.75) is 56.7 Å². The number of nitrogens with two attached hydrogens (primary N) is 1. The molecule has 0 radical (unpaired) electrons. The SMILES string of the molecule is CN(C1CCC(N)CC1)C1CCS(=O)(=O)CC1. The highest BCUT2D eigenvalue weighted by Crippen LogP contribution is 2.26. The highest BCUT2D eigenvalue weighted by atomic mass is 32.2. The Morgan fingerprint density at radius 3 is 1.94 bits per heavy atom. The first-order valence-corrected chi connectivity index (χ1v) is 8.48. The van der Waals surface area contributed by atoms with Crippen LogP contribution in [0.1, 0.15) is 38.5 Å². The fourth-order valence-corrected chi connectivity index (χ4v) is 4.56. The average Bonchev–Trinajstić information content (AvgIpc) is 2.29. The summed E-state index contributed by atoms with van der Waals surface area (Å²) in [6.07, 6.45) is 6.17. The number of rotatable bonds is 2. The molecule has 0 bridgehead atoms. The molecule has 0 aromatic heterocycles. The average molecular weight is 260 g/mol. The van der Waals surface area contributed by atoms with Crippen LogP contribution in [0.5, 0.6) is 0 Å². The largest absolute Gasteiger partial charge is 0.328 e. The van der Waals surface area contributed by atoms with E-state index in [0.717, 1.165) is 25.7 Å². The molecule has 5 heteroatoms. The molecule has 1 aliphatic carbocycles. The fraction of sp³-hybridized carbons (Fsp3) is 1.00. The van der Waals surface area contributed by atoms with Crippen LogP contribution in [0.3, 0.4) is 0 Å². The molecule has 2 N–H and O–H groups in total. The molecule has 4 nitrogen and oxygen atoms in total. The first-order valence-electron chi connectivity index (χ1n) is 6.66. The maximum Gasteiger partial charge on any atom is 0.150 e. The highest BCUT2D eigenvalue weighted by Gasteiger charge is 2.31. The summed E-state index contributed by atoms with van der Waals surface area (Å²) in [5.74, 6) is 0.739. The summed E-state index contributed by atoms with van der Waals surface area (Å²) in [5.41, 5.74) is 5.91. The van der Waals surface area contributed by atoms with E-state index in [2.05, 4.69) is 11.9 Å². The molecule has 0 spiro atoms. The molecule has 1 aliphatic heterocycles. The van der Waals surface area contributed by atoms with Crippen molar-refractivity contribution in [3.05, 3.63) is 0 Å². The third kappa shape index (κ3) is 3.42. The number of sulfone groups is 1. The van der Waals surface area contributed by atoms with Crippen LogP contribution in [0, 0.1) is 0 Å². The second-order valence-corrected chi connectivity index (χ2v) is 7.92. The summed E-state index contributed by atoms with van der Waals surface area (Å²) in [6, 6.07) is 1.45. The van der Waals surface area contributed by atoms with Gasteiger partial charge >= 0.3 is 0 Å². The van der Waals surface area contributed by atoms with Gasteiger partial charge in [-0.2, -0.15) is 0 Å². The Kier molecular flexibility index (Phi) is 4.10. The quantitative estimate of drug-likeness (QED) is 0.796. The van der Waals surface area contributed by atoms with E-state index in [9.17, 15) is 8.42 Å². The van der Waals surface area contributed by atoms with E-state index >= 15 is 0 Å². The highest BCUT2D eigenvalue weighted by molar-refractivity contribution is 7.91. The Bertz CT molecular complexity index is 334. The number of hydrogen-bond acceptors (Lipinski definition) is 4. The van der Waals surface area contributed by atoms with E-state index in [1.54, 1.807) is 0 Å². The third-order valence-corrected chi connectivity index (χ3v) is 6.13. The van der Waals surface area contributed by atoms with E-state index in [-0.39, 0.29) is 0 Å². The summed E-state index contributed by atoms with van der Waals surface area (Å²) in [7, 11) is -0.578. The molecular formula is C12H24N2O2S. The minimum absolute atomic E-state index is 0.369. The van der Waals surface area contributed by atoms with Gasteiger partial charge in [0.2, 0.25) is 0 Å². The zero-order valence-corrected chi connectivity index (χ0v) is 11.5. The van der Waals surface area contributed by atoms with Gasteiger partial charge in [-0.25, -0.2) is 8.42 Å². The standard InChI is InChI=1S/C12H24N2O2S/c1-14(11-4-2-10(13)3-5-11)12-6-8-17(15,16)9-7-12/h10-12H,2-9,13H2,1H3. The fourth-order valence-electron chi connectivity index (χ4n) is 3.09. The molecule has 17 heavy (non-hydrogen) atoms. The van der Waals surface area contributed by atoms with Crippen LogP contribution in [-0.4, -0.2) is 50.0 Å². The normalized spacial score (nSPS) is 35.0. The Balaban J connectivity index is 1.86. The molecule has 0 atom stereocenters. The van der Waals surface area contributed by atoms with Crippen molar-refractivity contribution in [1.82, 2.24) is 4.90 Å². The summed E-state index contributed by atoms with van der Waals surface area (Å²) < 4.78 is 22.8. The second-order valence-electron chi connectivity index (χ2n) is 5.62. The molecule has 0 aromatic carbocycles. The monoisotopic (exact) mass is 260 g/mol. The topological polar surface area (TPSA) is 63.4 Å². The van der Waals surface area contributed by atoms with Gasteiger partial charge in [0.15, 0.2) is 0 Å². The van der Waals surface area contributed by atoms with Crippen molar-refractivity contribution in [2.24, 2.45) is 5.73 Å². The molecule has 2 aliphatic rings. The van der Waals surface area contributed by atoms with Gasteiger partial charge in [-0.1, -0.05) is 0 Å². The van der Waals surface area contributed by atoms with E-state index < -0.39 is 9.84 Å². The zero-order valence-electron chi connectivity index (χ0n) is 10.6. The van der Waals surface area contributed by atoms with Crippen molar-refractivity contribution < 1.29 is 8.42 Å². The van der Waals surface area contributed by atoms with Crippen LogP contribution in [-0.2, 0) is 9.84 Å². The van der Waals surface area contributed by atoms with Crippen molar-refractivity contribution in [3.63, 3.8) is 0 Å². The third-order valence-electron chi connectivity index (χ3n) is 4.42. The maximum atomic E-state index is 11.4. The van der Waals surface area contributed by atoms with Crippen molar-refractivity contribution >= 4 is 9.84 Å². The first-order chi connectivity index (χ1) is 7.98. The van der Waals surface area contributed by atoms with Gasteiger partial charge in [0, 0.05) is 18.1 Å². The van der Waals surface area contributed by atoms with Crippen LogP contribution >= 0.6 is 0 Å². The van der Waals surface area contributed by atoms with Crippen LogP contribution in [0.4, 0.5) is 0 Å². The minimum atomic E-state index is -2.74. The Morgan fingerprint density at radius 2 is 1.41 bits per heavy atom. The Labute approximate surface area is 104 Å².